The van der Waals surface area contributed by atoms with Crippen molar-refractivity contribution in [3.63, 3.8) is 0 Å². The molecule has 8 heteroatoms. The predicted molar refractivity (Wildman–Crippen MR) is 65.7 cm³/mol. The number of hydrogen-bond acceptors (Lipinski definition) is 6. The van der Waals surface area contributed by atoms with Crippen LogP contribution in [0.15, 0.2) is 12.5 Å². The molecule has 0 bridgehead atoms. The highest BCUT2D eigenvalue weighted by Crippen LogP contribution is 2.16. The topological polar surface area (TPSA) is 86.8 Å². The van der Waals surface area contributed by atoms with Crippen LogP contribution in [0.3, 0.4) is 0 Å². The second-order valence-corrected chi connectivity index (χ2v) is 4.50. The van der Waals surface area contributed by atoms with E-state index in [-0.39, 0.29) is 6.61 Å². The Labute approximate surface area is 100 Å². The van der Waals surface area contributed by atoms with Crippen molar-refractivity contribution in [1.82, 2.24) is 19.6 Å². The van der Waals surface area contributed by atoms with Crippen LogP contribution in [-0.4, -0.2) is 49.6 Å². The third-order valence-electron chi connectivity index (χ3n) is 2.34. The van der Waals surface area contributed by atoms with Crippen molar-refractivity contribution in [3.8, 4) is 0 Å². The van der Waals surface area contributed by atoms with E-state index in [0.29, 0.717) is 18.0 Å². The fourth-order valence-corrected chi connectivity index (χ4v) is 1.73. The Morgan fingerprint density at radius 1 is 1.53 bits per heavy atom. The van der Waals surface area contributed by atoms with E-state index in [1.54, 1.807) is 15.4 Å². The first kappa shape index (κ1) is 12.2. The van der Waals surface area contributed by atoms with Crippen LogP contribution in [0.5, 0.6) is 0 Å². The largest absolute Gasteiger partial charge is 0.394 e. The molecule has 2 N–H and O–H groups in total. The first-order valence-corrected chi connectivity index (χ1v) is 5.60. The SMILES string of the molecule is CN(P)c1ncnc2c(CC(O)CO)cnn12. The first-order chi connectivity index (χ1) is 8.13. The average molecular weight is 255 g/mol. The number of rotatable bonds is 4. The summed E-state index contributed by atoms with van der Waals surface area (Å²) in [7, 11) is 4.32. The lowest BCUT2D eigenvalue weighted by Gasteiger charge is -2.11. The van der Waals surface area contributed by atoms with Gasteiger partial charge in [0, 0.05) is 19.0 Å². The highest BCUT2D eigenvalue weighted by Gasteiger charge is 2.13. The summed E-state index contributed by atoms with van der Waals surface area (Å²) in [5, 5.41) is 22.4. The highest BCUT2D eigenvalue weighted by atomic mass is 31.0. The van der Waals surface area contributed by atoms with Gasteiger partial charge >= 0.3 is 0 Å². The maximum Gasteiger partial charge on any atom is 0.232 e. The van der Waals surface area contributed by atoms with E-state index in [1.165, 1.54) is 6.33 Å². The van der Waals surface area contributed by atoms with Crippen LogP contribution in [-0.2, 0) is 6.42 Å². The van der Waals surface area contributed by atoms with Gasteiger partial charge in [0.2, 0.25) is 5.95 Å². The first-order valence-electron chi connectivity index (χ1n) is 5.08. The molecule has 2 rings (SSSR count). The molecule has 0 aliphatic heterocycles. The number of aromatic nitrogens is 4. The van der Waals surface area contributed by atoms with Crippen LogP contribution >= 0.6 is 9.39 Å². The van der Waals surface area contributed by atoms with Crippen molar-refractivity contribution in [3.05, 3.63) is 18.1 Å². The Bertz CT molecular complexity index is 515. The van der Waals surface area contributed by atoms with Gasteiger partial charge in [0.25, 0.3) is 0 Å². The molecule has 7 nitrogen and oxygen atoms in total. The lowest BCUT2D eigenvalue weighted by Crippen LogP contribution is -2.15. The zero-order valence-electron chi connectivity index (χ0n) is 9.35. The van der Waals surface area contributed by atoms with Crippen molar-refractivity contribution in [1.29, 1.82) is 0 Å². The van der Waals surface area contributed by atoms with Crippen LogP contribution in [0, 0.1) is 0 Å². The van der Waals surface area contributed by atoms with Gasteiger partial charge in [0.15, 0.2) is 5.65 Å². The van der Waals surface area contributed by atoms with Gasteiger partial charge in [-0.2, -0.15) is 9.61 Å². The summed E-state index contributed by atoms with van der Waals surface area (Å²) in [6, 6.07) is 0. The van der Waals surface area contributed by atoms with E-state index in [2.05, 4.69) is 24.5 Å². The lowest BCUT2D eigenvalue weighted by atomic mass is 10.1. The molecule has 2 aromatic heterocycles. The molecular formula is C9H14N5O2P. The molecule has 0 aliphatic carbocycles. The third kappa shape index (κ3) is 2.36. The molecular weight excluding hydrogens is 241 g/mol. The molecule has 0 aromatic carbocycles. The molecule has 0 spiro atoms. The molecule has 17 heavy (non-hydrogen) atoms. The van der Waals surface area contributed by atoms with Gasteiger partial charge in [-0.3, -0.25) is 0 Å². The molecule has 92 valence electrons. The second kappa shape index (κ2) is 4.91. The lowest BCUT2D eigenvalue weighted by molar-refractivity contribution is 0.0957. The molecule has 0 radical (unpaired) electrons. The van der Waals surface area contributed by atoms with Gasteiger partial charge in [-0.25, -0.2) is 9.97 Å². The predicted octanol–water partition coefficient (Wildman–Crippen LogP) is -0.754. The van der Waals surface area contributed by atoms with Gasteiger partial charge in [0.1, 0.15) is 6.33 Å². The minimum absolute atomic E-state index is 0.279. The second-order valence-electron chi connectivity index (χ2n) is 3.73. The Kier molecular flexibility index (Phi) is 3.51. The summed E-state index contributed by atoms with van der Waals surface area (Å²) in [5.41, 5.74) is 1.42. The van der Waals surface area contributed by atoms with Crippen molar-refractivity contribution < 1.29 is 10.2 Å². The monoisotopic (exact) mass is 255 g/mol. The molecule has 2 unspecified atom stereocenters. The zero-order valence-corrected chi connectivity index (χ0v) is 10.5. The normalized spacial score (nSPS) is 12.9. The van der Waals surface area contributed by atoms with Crippen LogP contribution in [0.1, 0.15) is 5.56 Å². The van der Waals surface area contributed by atoms with E-state index in [0.717, 1.165) is 5.56 Å². The van der Waals surface area contributed by atoms with Crippen LogP contribution in [0.25, 0.3) is 5.65 Å². The van der Waals surface area contributed by atoms with Crippen LogP contribution in [0.2, 0.25) is 0 Å². The molecule has 2 heterocycles. The number of aliphatic hydroxyl groups is 2. The fourth-order valence-electron chi connectivity index (χ4n) is 1.55. The summed E-state index contributed by atoms with van der Waals surface area (Å²) in [4.78, 5) is 8.23. The number of hydrogen-bond donors (Lipinski definition) is 2. The standard InChI is InChI=1S/C9H14N5O2P/c1-13(17)9-11-5-10-8-6(2-7(16)4-15)3-12-14(8)9/h3,5,7,15-16H,2,4,17H2,1H3. The number of fused-ring (bicyclic) bond motifs is 1. The van der Waals surface area contributed by atoms with Crippen molar-refractivity contribution in [2.45, 2.75) is 12.5 Å². The smallest absolute Gasteiger partial charge is 0.232 e. The quantitative estimate of drug-likeness (QED) is 0.699. The zero-order chi connectivity index (χ0) is 12.4. The van der Waals surface area contributed by atoms with E-state index in [4.69, 9.17) is 5.11 Å². The van der Waals surface area contributed by atoms with Crippen molar-refractivity contribution >= 4 is 21.0 Å². The van der Waals surface area contributed by atoms with E-state index >= 15 is 0 Å². The minimum Gasteiger partial charge on any atom is -0.394 e. The summed E-state index contributed by atoms with van der Waals surface area (Å²) < 4.78 is 3.33. The van der Waals surface area contributed by atoms with Crippen molar-refractivity contribution in [2.75, 3.05) is 18.3 Å². The van der Waals surface area contributed by atoms with Gasteiger partial charge in [0.05, 0.1) is 18.9 Å². The number of aliphatic hydroxyl groups excluding tert-OH is 2. The number of nitrogens with zero attached hydrogens (tertiary/aromatic N) is 5. The summed E-state index contributed by atoms with van der Waals surface area (Å²) >= 11 is 0. The number of anilines is 1. The van der Waals surface area contributed by atoms with Crippen molar-refractivity contribution in [2.24, 2.45) is 0 Å². The Hall–Kier alpha value is -1.30. The summed E-state index contributed by atoms with van der Waals surface area (Å²) in [6.07, 6.45) is 2.59. The summed E-state index contributed by atoms with van der Waals surface area (Å²) in [6.45, 7) is -0.279. The average Bonchev–Trinajstić information content (AvgIpc) is 2.72. The Balaban J connectivity index is 2.44. The highest BCUT2D eigenvalue weighted by molar-refractivity contribution is 7.18. The molecule has 0 amide bonds. The van der Waals surface area contributed by atoms with Crippen LogP contribution in [0.4, 0.5) is 5.95 Å². The maximum atomic E-state index is 9.42. The van der Waals surface area contributed by atoms with Gasteiger partial charge < -0.3 is 14.9 Å². The van der Waals surface area contributed by atoms with E-state index < -0.39 is 6.10 Å². The van der Waals surface area contributed by atoms with Gasteiger partial charge in [-0.1, -0.05) is 0 Å². The fraction of sp³-hybridized carbons (Fsp3) is 0.444. The Morgan fingerprint density at radius 2 is 2.29 bits per heavy atom. The maximum absolute atomic E-state index is 9.42. The molecule has 0 fully saturated rings. The molecule has 0 saturated carbocycles. The molecule has 0 aliphatic rings. The molecule has 2 aromatic rings. The van der Waals surface area contributed by atoms with Crippen LogP contribution < -0.4 is 4.67 Å². The minimum atomic E-state index is -0.796. The third-order valence-corrected chi connectivity index (χ3v) is 2.57. The van der Waals surface area contributed by atoms with Gasteiger partial charge in [-0.05, 0) is 9.39 Å². The molecule has 2 atom stereocenters. The van der Waals surface area contributed by atoms with E-state index in [9.17, 15) is 5.11 Å². The van der Waals surface area contributed by atoms with E-state index in [1.807, 2.05) is 7.05 Å². The molecule has 0 saturated heterocycles. The van der Waals surface area contributed by atoms with Gasteiger partial charge in [-0.15, -0.1) is 0 Å². The summed E-state index contributed by atoms with van der Waals surface area (Å²) in [5.74, 6) is 0.629. The Morgan fingerprint density at radius 3 is 2.94 bits per heavy atom.